The Morgan fingerprint density at radius 2 is 1.68 bits per heavy atom. The molecule has 180 valence electrons. The SMILES string of the molecule is Cc1cc(C)cc(-c2nc(C(C)C)n(/C=C/C(O)CC(O)CC(=O)O)c2-c2ccc(F)cc2)c1. The summed E-state index contributed by atoms with van der Waals surface area (Å²) in [7, 11) is 0. The number of rotatable bonds is 9. The van der Waals surface area contributed by atoms with Gasteiger partial charge in [-0.15, -0.1) is 0 Å². The van der Waals surface area contributed by atoms with Gasteiger partial charge in [-0.25, -0.2) is 9.37 Å². The van der Waals surface area contributed by atoms with Crippen LogP contribution in [0.3, 0.4) is 0 Å². The molecule has 0 aliphatic carbocycles. The fourth-order valence-corrected chi connectivity index (χ4v) is 4.03. The van der Waals surface area contributed by atoms with E-state index in [1.807, 2.05) is 32.3 Å². The predicted octanol–water partition coefficient (Wildman–Crippen LogP) is 5.15. The highest BCUT2D eigenvalue weighted by atomic mass is 19.1. The third-order valence-corrected chi connectivity index (χ3v) is 5.45. The maximum Gasteiger partial charge on any atom is 0.305 e. The van der Waals surface area contributed by atoms with E-state index in [1.165, 1.54) is 18.2 Å². The number of hydrogen-bond donors (Lipinski definition) is 3. The van der Waals surface area contributed by atoms with Gasteiger partial charge in [-0.1, -0.05) is 31.0 Å². The molecule has 0 saturated carbocycles. The minimum Gasteiger partial charge on any atom is -0.481 e. The van der Waals surface area contributed by atoms with Crippen molar-refractivity contribution in [3.8, 4) is 22.5 Å². The van der Waals surface area contributed by atoms with Crippen LogP contribution in [0, 0.1) is 19.7 Å². The van der Waals surface area contributed by atoms with Crippen LogP contribution in [0.4, 0.5) is 4.39 Å². The number of aliphatic hydroxyl groups excluding tert-OH is 2. The third-order valence-electron chi connectivity index (χ3n) is 5.45. The number of aryl methyl sites for hydroxylation is 2. The van der Waals surface area contributed by atoms with Gasteiger partial charge in [-0.05, 0) is 56.3 Å². The van der Waals surface area contributed by atoms with Gasteiger partial charge < -0.3 is 19.9 Å². The van der Waals surface area contributed by atoms with Crippen molar-refractivity contribution in [2.75, 3.05) is 0 Å². The lowest BCUT2D eigenvalue weighted by atomic mass is 10.0. The number of halogens is 1. The molecule has 7 heteroatoms. The van der Waals surface area contributed by atoms with Crippen molar-refractivity contribution in [3.05, 3.63) is 71.3 Å². The predicted molar refractivity (Wildman–Crippen MR) is 131 cm³/mol. The van der Waals surface area contributed by atoms with E-state index in [4.69, 9.17) is 10.1 Å². The van der Waals surface area contributed by atoms with Crippen LogP contribution in [0.5, 0.6) is 0 Å². The highest BCUT2D eigenvalue weighted by molar-refractivity contribution is 5.81. The molecule has 0 radical (unpaired) electrons. The number of carboxylic acids is 1. The van der Waals surface area contributed by atoms with Crippen molar-refractivity contribution >= 4 is 12.2 Å². The lowest BCUT2D eigenvalue weighted by Gasteiger charge is -2.13. The third kappa shape index (κ3) is 6.18. The Balaban J connectivity index is 2.14. The quantitative estimate of drug-likeness (QED) is 0.405. The maximum atomic E-state index is 13.7. The molecule has 0 saturated heterocycles. The van der Waals surface area contributed by atoms with E-state index in [1.54, 1.807) is 18.3 Å². The second-order valence-corrected chi connectivity index (χ2v) is 8.97. The lowest BCUT2D eigenvalue weighted by molar-refractivity contribution is -0.139. The minimum atomic E-state index is -1.16. The molecule has 0 spiro atoms. The number of carbonyl (C=O) groups is 1. The Labute approximate surface area is 199 Å². The molecule has 1 aromatic heterocycles. The van der Waals surface area contributed by atoms with E-state index in [0.717, 1.165) is 39.5 Å². The summed E-state index contributed by atoms with van der Waals surface area (Å²) in [5.41, 5.74) is 5.39. The van der Waals surface area contributed by atoms with Crippen LogP contribution in [0.15, 0.2) is 48.5 Å². The van der Waals surface area contributed by atoms with Crippen LogP contribution in [-0.2, 0) is 4.79 Å². The first-order valence-corrected chi connectivity index (χ1v) is 11.3. The molecule has 3 N–H and O–H groups in total. The molecule has 2 aromatic carbocycles. The summed E-state index contributed by atoms with van der Waals surface area (Å²) in [6.07, 6.45) is 0.437. The van der Waals surface area contributed by atoms with E-state index in [2.05, 4.69) is 18.2 Å². The highest BCUT2D eigenvalue weighted by Crippen LogP contribution is 2.36. The summed E-state index contributed by atoms with van der Waals surface area (Å²) < 4.78 is 15.6. The van der Waals surface area contributed by atoms with Gasteiger partial charge in [-0.3, -0.25) is 4.79 Å². The Hall–Kier alpha value is -3.29. The second-order valence-electron chi connectivity index (χ2n) is 8.97. The first-order valence-electron chi connectivity index (χ1n) is 11.3. The van der Waals surface area contributed by atoms with Crippen molar-refractivity contribution in [2.45, 2.75) is 58.7 Å². The molecule has 0 bridgehead atoms. The summed E-state index contributed by atoms with van der Waals surface area (Å²) >= 11 is 0. The van der Waals surface area contributed by atoms with Crippen molar-refractivity contribution in [3.63, 3.8) is 0 Å². The summed E-state index contributed by atoms with van der Waals surface area (Å²) in [4.78, 5) is 15.8. The van der Waals surface area contributed by atoms with Gasteiger partial charge in [0, 0.05) is 29.7 Å². The van der Waals surface area contributed by atoms with Gasteiger partial charge >= 0.3 is 5.97 Å². The fourth-order valence-electron chi connectivity index (χ4n) is 4.03. The molecular weight excluding hydrogens is 435 g/mol. The molecular formula is C27H31FN2O4. The van der Waals surface area contributed by atoms with Crippen molar-refractivity contribution < 1.29 is 24.5 Å². The van der Waals surface area contributed by atoms with E-state index in [9.17, 15) is 19.4 Å². The minimum absolute atomic E-state index is 0.0400. The summed E-state index contributed by atoms with van der Waals surface area (Å²) in [6, 6.07) is 12.4. The number of hydrogen-bond acceptors (Lipinski definition) is 4. The number of benzene rings is 2. The summed E-state index contributed by atoms with van der Waals surface area (Å²) in [5.74, 6) is -0.677. The van der Waals surface area contributed by atoms with Gasteiger partial charge in [0.05, 0.1) is 30.0 Å². The molecule has 3 rings (SSSR count). The maximum absolute atomic E-state index is 13.7. The average molecular weight is 467 g/mol. The highest BCUT2D eigenvalue weighted by Gasteiger charge is 2.22. The van der Waals surface area contributed by atoms with E-state index < -0.39 is 24.6 Å². The molecule has 2 atom stereocenters. The van der Waals surface area contributed by atoms with Gasteiger partial charge in [0.1, 0.15) is 11.6 Å². The number of aliphatic carboxylic acids is 1. The van der Waals surface area contributed by atoms with Crippen LogP contribution in [-0.4, -0.2) is 43.0 Å². The molecule has 0 aliphatic heterocycles. The molecule has 0 aliphatic rings. The zero-order chi connectivity index (χ0) is 25.0. The Bertz CT molecular complexity index is 1160. The molecule has 1 heterocycles. The van der Waals surface area contributed by atoms with Crippen LogP contribution >= 0.6 is 0 Å². The number of aliphatic hydroxyl groups is 2. The number of nitrogens with zero attached hydrogens (tertiary/aromatic N) is 2. The van der Waals surface area contributed by atoms with Crippen LogP contribution in [0.2, 0.25) is 0 Å². The summed E-state index contributed by atoms with van der Waals surface area (Å²) in [6.45, 7) is 8.07. The van der Waals surface area contributed by atoms with Gasteiger partial charge in [0.15, 0.2) is 0 Å². The smallest absolute Gasteiger partial charge is 0.305 e. The van der Waals surface area contributed by atoms with E-state index >= 15 is 0 Å². The first kappa shape index (κ1) is 25.3. The second kappa shape index (κ2) is 10.8. The zero-order valence-electron chi connectivity index (χ0n) is 19.9. The van der Waals surface area contributed by atoms with Crippen molar-refractivity contribution in [2.24, 2.45) is 0 Å². The van der Waals surface area contributed by atoms with E-state index in [0.29, 0.717) is 0 Å². The number of imidazole rings is 1. The normalized spacial score (nSPS) is 13.5. The molecule has 3 aromatic rings. The molecule has 0 fully saturated rings. The van der Waals surface area contributed by atoms with Crippen molar-refractivity contribution in [1.29, 1.82) is 0 Å². The molecule has 2 unspecified atom stereocenters. The first-order chi connectivity index (χ1) is 16.0. The zero-order valence-corrected chi connectivity index (χ0v) is 19.9. The van der Waals surface area contributed by atoms with Crippen LogP contribution < -0.4 is 0 Å². The monoisotopic (exact) mass is 466 g/mol. The number of aromatic nitrogens is 2. The number of carboxylic acid groups (broad SMARTS) is 1. The Morgan fingerprint density at radius 3 is 2.24 bits per heavy atom. The molecule has 0 amide bonds. The standard InChI is InChI=1S/C27H31FN2O4/c1-16(2)27-29-25(20-12-17(3)11-18(4)13-20)26(19-5-7-21(28)8-6-19)30(27)10-9-22(31)14-23(32)15-24(33)34/h5-13,16,22-23,31-32H,14-15H2,1-4H3,(H,33,34)/b10-9+. The molecule has 34 heavy (non-hydrogen) atoms. The Morgan fingerprint density at radius 1 is 1.06 bits per heavy atom. The molecule has 6 nitrogen and oxygen atoms in total. The van der Waals surface area contributed by atoms with Gasteiger partial charge in [0.2, 0.25) is 0 Å². The van der Waals surface area contributed by atoms with Gasteiger partial charge in [-0.2, -0.15) is 0 Å². The van der Waals surface area contributed by atoms with Crippen LogP contribution in [0.25, 0.3) is 28.7 Å². The van der Waals surface area contributed by atoms with E-state index in [-0.39, 0.29) is 18.2 Å². The topological polar surface area (TPSA) is 95.6 Å². The lowest BCUT2D eigenvalue weighted by Crippen LogP contribution is -2.19. The fraction of sp³-hybridized carbons (Fsp3) is 0.333. The van der Waals surface area contributed by atoms with Crippen LogP contribution in [0.1, 0.15) is 49.6 Å². The average Bonchev–Trinajstić information content (AvgIpc) is 3.11. The van der Waals surface area contributed by atoms with Crippen molar-refractivity contribution in [1.82, 2.24) is 9.55 Å². The summed E-state index contributed by atoms with van der Waals surface area (Å²) in [5, 5.41) is 29.1. The van der Waals surface area contributed by atoms with Gasteiger partial charge in [0.25, 0.3) is 0 Å². The Kier molecular flexibility index (Phi) is 8.02. The largest absolute Gasteiger partial charge is 0.481 e.